The second-order valence-corrected chi connectivity index (χ2v) is 6.55. The lowest BCUT2D eigenvalue weighted by Gasteiger charge is -2.10. The first-order chi connectivity index (χ1) is 9.52. The van der Waals surface area contributed by atoms with Gasteiger partial charge < -0.3 is 10.4 Å². The largest absolute Gasteiger partial charge is 0.481 e. The highest BCUT2D eigenvalue weighted by molar-refractivity contribution is 7.99. The summed E-state index contributed by atoms with van der Waals surface area (Å²) in [4.78, 5) is 22.2. The summed E-state index contributed by atoms with van der Waals surface area (Å²) < 4.78 is 0. The Morgan fingerprint density at radius 1 is 1.40 bits per heavy atom. The third kappa shape index (κ3) is 6.34. The molecule has 1 amide bonds. The highest BCUT2D eigenvalue weighted by Crippen LogP contribution is 2.18. The number of anilines is 1. The van der Waals surface area contributed by atoms with E-state index in [1.807, 2.05) is 37.4 Å². The van der Waals surface area contributed by atoms with Crippen LogP contribution in [0.25, 0.3) is 0 Å². The molecule has 2 N–H and O–H groups in total. The standard InChI is InChI=1S/C14H19NO3S2/c1-10(19-2)14(18)15-12-5-3-4-11(8-12)9-20-7-6-13(16)17/h3-5,8,10H,6-7,9H2,1-2H3,(H,15,18)(H,16,17). The highest BCUT2D eigenvalue weighted by Gasteiger charge is 2.11. The summed E-state index contributed by atoms with van der Waals surface area (Å²) >= 11 is 3.08. The molecular formula is C14H19NO3S2. The van der Waals surface area contributed by atoms with Crippen molar-refractivity contribution in [3.8, 4) is 0 Å². The van der Waals surface area contributed by atoms with Crippen LogP contribution < -0.4 is 5.32 Å². The van der Waals surface area contributed by atoms with E-state index in [-0.39, 0.29) is 17.6 Å². The van der Waals surface area contributed by atoms with Crippen LogP contribution in [-0.2, 0) is 15.3 Å². The molecule has 20 heavy (non-hydrogen) atoms. The molecule has 0 radical (unpaired) electrons. The first-order valence-electron chi connectivity index (χ1n) is 6.25. The molecular weight excluding hydrogens is 294 g/mol. The lowest BCUT2D eigenvalue weighted by molar-refractivity contribution is -0.136. The molecule has 0 aliphatic rings. The van der Waals surface area contributed by atoms with Crippen LogP contribution in [-0.4, -0.2) is 34.2 Å². The van der Waals surface area contributed by atoms with Gasteiger partial charge >= 0.3 is 5.97 Å². The van der Waals surface area contributed by atoms with Crippen molar-refractivity contribution in [1.82, 2.24) is 0 Å². The SMILES string of the molecule is CSC(C)C(=O)Nc1cccc(CSCCC(=O)O)c1. The topological polar surface area (TPSA) is 66.4 Å². The molecule has 1 rings (SSSR count). The number of benzene rings is 1. The van der Waals surface area contributed by atoms with Gasteiger partial charge in [-0.1, -0.05) is 12.1 Å². The molecule has 0 saturated carbocycles. The lowest BCUT2D eigenvalue weighted by Crippen LogP contribution is -2.22. The fraction of sp³-hybridized carbons (Fsp3) is 0.429. The molecule has 1 atom stereocenters. The molecule has 1 aromatic carbocycles. The number of carbonyl (C=O) groups is 2. The Balaban J connectivity index is 2.49. The van der Waals surface area contributed by atoms with Crippen LogP contribution >= 0.6 is 23.5 Å². The summed E-state index contributed by atoms with van der Waals surface area (Å²) in [6, 6.07) is 7.66. The maximum Gasteiger partial charge on any atom is 0.304 e. The fourth-order valence-electron chi connectivity index (χ4n) is 1.44. The number of hydrogen-bond acceptors (Lipinski definition) is 4. The molecule has 0 aliphatic carbocycles. The van der Waals surface area contributed by atoms with Crippen LogP contribution in [0.4, 0.5) is 5.69 Å². The van der Waals surface area contributed by atoms with Gasteiger partial charge in [0, 0.05) is 17.2 Å². The molecule has 0 aromatic heterocycles. The number of aliphatic carboxylic acids is 1. The molecule has 1 aromatic rings. The molecule has 4 nitrogen and oxygen atoms in total. The van der Waals surface area contributed by atoms with Gasteiger partial charge in [-0.3, -0.25) is 9.59 Å². The van der Waals surface area contributed by atoms with Crippen molar-refractivity contribution in [2.45, 2.75) is 24.3 Å². The molecule has 0 saturated heterocycles. The van der Waals surface area contributed by atoms with E-state index in [0.29, 0.717) is 5.75 Å². The highest BCUT2D eigenvalue weighted by atomic mass is 32.2. The third-order valence-corrected chi connectivity index (χ3v) is 4.60. The number of amides is 1. The first kappa shape index (κ1) is 16.9. The average Bonchev–Trinajstić information content (AvgIpc) is 2.43. The van der Waals surface area contributed by atoms with Crippen molar-refractivity contribution >= 4 is 41.1 Å². The molecule has 1 unspecified atom stereocenters. The van der Waals surface area contributed by atoms with Gasteiger partial charge in [0.1, 0.15) is 0 Å². The van der Waals surface area contributed by atoms with Crippen LogP contribution in [0.1, 0.15) is 18.9 Å². The molecule has 0 heterocycles. The van der Waals surface area contributed by atoms with Crippen molar-refractivity contribution in [2.24, 2.45) is 0 Å². The zero-order valence-electron chi connectivity index (χ0n) is 11.6. The Kier molecular flexibility index (Phi) is 7.54. The number of thioether (sulfide) groups is 2. The third-order valence-electron chi connectivity index (χ3n) is 2.65. The molecule has 0 bridgehead atoms. The predicted molar refractivity (Wildman–Crippen MR) is 86.5 cm³/mol. The van der Waals surface area contributed by atoms with Crippen LogP contribution in [0, 0.1) is 0 Å². The second-order valence-electron chi connectivity index (χ2n) is 4.26. The fourth-order valence-corrected chi connectivity index (χ4v) is 2.59. The maximum atomic E-state index is 11.8. The van der Waals surface area contributed by atoms with Gasteiger partial charge in [0.25, 0.3) is 0 Å². The van der Waals surface area contributed by atoms with Crippen LogP contribution in [0.5, 0.6) is 0 Å². The van der Waals surface area contributed by atoms with Gasteiger partial charge in [-0.15, -0.1) is 0 Å². The minimum absolute atomic E-state index is 0.00631. The summed E-state index contributed by atoms with van der Waals surface area (Å²) in [5, 5.41) is 11.4. The summed E-state index contributed by atoms with van der Waals surface area (Å²) in [5.74, 6) is 0.558. The number of rotatable bonds is 8. The van der Waals surface area contributed by atoms with Gasteiger partial charge in [0.2, 0.25) is 5.91 Å². The van der Waals surface area contributed by atoms with E-state index >= 15 is 0 Å². The Morgan fingerprint density at radius 2 is 2.15 bits per heavy atom. The summed E-state index contributed by atoms with van der Waals surface area (Å²) in [6.45, 7) is 1.87. The monoisotopic (exact) mass is 313 g/mol. The van der Waals surface area contributed by atoms with E-state index in [4.69, 9.17) is 5.11 Å². The Morgan fingerprint density at radius 3 is 2.80 bits per heavy atom. The summed E-state index contributed by atoms with van der Waals surface area (Å²) in [6.07, 6.45) is 2.08. The van der Waals surface area contributed by atoms with Gasteiger partial charge in [-0.05, 0) is 30.9 Å². The molecule has 0 spiro atoms. The first-order valence-corrected chi connectivity index (χ1v) is 8.69. The van der Waals surface area contributed by atoms with E-state index in [0.717, 1.165) is 17.0 Å². The van der Waals surface area contributed by atoms with Crippen molar-refractivity contribution in [2.75, 3.05) is 17.3 Å². The van der Waals surface area contributed by atoms with E-state index in [1.54, 1.807) is 11.8 Å². The lowest BCUT2D eigenvalue weighted by atomic mass is 10.2. The number of carboxylic acid groups (broad SMARTS) is 1. The van der Waals surface area contributed by atoms with Crippen LogP contribution in [0.3, 0.4) is 0 Å². The smallest absolute Gasteiger partial charge is 0.304 e. The van der Waals surface area contributed by atoms with E-state index in [9.17, 15) is 9.59 Å². The van der Waals surface area contributed by atoms with Gasteiger partial charge in [0.05, 0.1) is 11.7 Å². The van der Waals surface area contributed by atoms with Gasteiger partial charge in [0.15, 0.2) is 0 Å². The summed E-state index contributed by atoms with van der Waals surface area (Å²) in [7, 11) is 0. The van der Waals surface area contributed by atoms with Crippen LogP contribution in [0.2, 0.25) is 0 Å². The quantitative estimate of drug-likeness (QED) is 0.722. The Labute approximate surface area is 127 Å². The summed E-state index contributed by atoms with van der Waals surface area (Å²) in [5.41, 5.74) is 1.86. The number of hydrogen-bond donors (Lipinski definition) is 2. The van der Waals surface area contributed by atoms with E-state index < -0.39 is 5.97 Å². The van der Waals surface area contributed by atoms with Gasteiger partial charge in [-0.2, -0.15) is 23.5 Å². The minimum Gasteiger partial charge on any atom is -0.481 e. The Hall–Kier alpha value is -1.14. The zero-order chi connectivity index (χ0) is 15.0. The zero-order valence-corrected chi connectivity index (χ0v) is 13.2. The van der Waals surface area contributed by atoms with E-state index in [2.05, 4.69) is 5.32 Å². The average molecular weight is 313 g/mol. The normalized spacial score (nSPS) is 11.9. The number of carbonyl (C=O) groups excluding carboxylic acids is 1. The molecule has 0 aliphatic heterocycles. The van der Waals surface area contributed by atoms with Crippen molar-refractivity contribution in [3.63, 3.8) is 0 Å². The van der Waals surface area contributed by atoms with E-state index in [1.165, 1.54) is 11.8 Å². The minimum atomic E-state index is -0.774. The molecule has 110 valence electrons. The van der Waals surface area contributed by atoms with Crippen molar-refractivity contribution in [3.05, 3.63) is 29.8 Å². The molecule has 0 fully saturated rings. The van der Waals surface area contributed by atoms with Crippen molar-refractivity contribution in [1.29, 1.82) is 0 Å². The maximum absolute atomic E-state index is 11.8. The van der Waals surface area contributed by atoms with Crippen molar-refractivity contribution < 1.29 is 14.7 Å². The van der Waals surface area contributed by atoms with Crippen LogP contribution in [0.15, 0.2) is 24.3 Å². The molecule has 6 heteroatoms. The number of nitrogens with one attached hydrogen (secondary N) is 1. The Bertz CT molecular complexity index is 465. The predicted octanol–water partition coefficient (Wildman–Crippen LogP) is 3.08. The second kappa shape index (κ2) is 8.92. The van der Waals surface area contributed by atoms with Gasteiger partial charge in [-0.25, -0.2) is 0 Å². The number of carboxylic acids is 1.